The zero-order chi connectivity index (χ0) is 19.0. The van der Waals surface area contributed by atoms with Crippen LogP contribution in [-0.4, -0.2) is 23.5 Å². The fourth-order valence-corrected chi connectivity index (χ4v) is 6.04. The van der Waals surface area contributed by atoms with Gasteiger partial charge in [0, 0.05) is 11.6 Å². The molecule has 4 aliphatic rings. The lowest BCUT2D eigenvalue weighted by atomic mass is 9.53. The molecule has 0 radical (unpaired) electrons. The Bertz CT molecular complexity index is 667. The van der Waals surface area contributed by atoms with Crippen molar-refractivity contribution in [2.75, 3.05) is 0 Å². The molecule has 4 aliphatic carbocycles. The molecule has 0 unspecified atom stereocenters. The van der Waals surface area contributed by atoms with Crippen LogP contribution >= 0.6 is 0 Å². The van der Waals surface area contributed by atoms with Crippen molar-refractivity contribution >= 4 is 11.9 Å². The smallest absolute Gasteiger partial charge is 0.321 e. The van der Waals surface area contributed by atoms with Crippen molar-refractivity contribution in [2.45, 2.75) is 70.0 Å². The number of hydrogen-bond donors (Lipinski definition) is 3. The number of nitrogens with one attached hydrogen (secondary N) is 3. The van der Waals surface area contributed by atoms with Crippen molar-refractivity contribution in [2.24, 2.45) is 17.8 Å². The molecule has 2 atom stereocenters. The minimum Gasteiger partial charge on any atom is -0.332 e. The van der Waals surface area contributed by atoms with E-state index < -0.39 is 6.04 Å². The first kappa shape index (κ1) is 18.5. The molecule has 0 spiro atoms. The number of carbonyl (C=O) groups excluding carboxylic acids is 2. The first-order chi connectivity index (χ1) is 12.9. The molecular formula is C22H31N3O2. The van der Waals surface area contributed by atoms with Gasteiger partial charge in [-0.25, -0.2) is 4.79 Å². The monoisotopic (exact) mass is 369 g/mol. The molecule has 3 amide bonds. The Kier molecular flexibility index (Phi) is 4.97. The van der Waals surface area contributed by atoms with Crippen molar-refractivity contribution in [3.63, 3.8) is 0 Å². The maximum atomic E-state index is 12.5. The molecule has 5 rings (SSSR count). The van der Waals surface area contributed by atoms with Crippen LogP contribution < -0.4 is 16.0 Å². The molecule has 0 aromatic heterocycles. The molecule has 4 fully saturated rings. The van der Waals surface area contributed by atoms with Crippen LogP contribution in [-0.2, 0) is 4.79 Å². The molecule has 0 heterocycles. The number of amides is 3. The Morgan fingerprint density at radius 1 is 0.963 bits per heavy atom. The van der Waals surface area contributed by atoms with Gasteiger partial charge in [-0.2, -0.15) is 0 Å². The van der Waals surface area contributed by atoms with Gasteiger partial charge in [0.15, 0.2) is 0 Å². The van der Waals surface area contributed by atoms with E-state index in [1.165, 1.54) is 19.3 Å². The van der Waals surface area contributed by atoms with Gasteiger partial charge in [0.2, 0.25) is 5.91 Å². The van der Waals surface area contributed by atoms with E-state index in [1.807, 2.05) is 37.3 Å². The third-order valence-electron chi connectivity index (χ3n) is 6.85. The van der Waals surface area contributed by atoms with Crippen molar-refractivity contribution < 1.29 is 9.59 Å². The van der Waals surface area contributed by atoms with Crippen LogP contribution in [0.25, 0.3) is 0 Å². The summed E-state index contributed by atoms with van der Waals surface area (Å²) in [6.07, 6.45) is 7.25. The Morgan fingerprint density at radius 2 is 1.52 bits per heavy atom. The summed E-state index contributed by atoms with van der Waals surface area (Å²) in [7, 11) is 0. The second-order valence-corrected chi connectivity index (χ2v) is 9.16. The SMILES string of the molecule is C[C@H](N[C@H](C)C(=O)NC(=O)NC12CC3CC(CC(C3)C1)C2)c1ccccc1. The van der Waals surface area contributed by atoms with Gasteiger partial charge in [-0.05, 0) is 75.7 Å². The second-order valence-electron chi connectivity index (χ2n) is 9.16. The molecule has 1 aromatic carbocycles. The van der Waals surface area contributed by atoms with E-state index >= 15 is 0 Å². The van der Waals surface area contributed by atoms with Crippen LogP contribution in [0.15, 0.2) is 30.3 Å². The van der Waals surface area contributed by atoms with Gasteiger partial charge in [0.25, 0.3) is 0 Å². The number of rotatable bonds is 5. The summed E-state index contributed by atoms with van der Waals surface area (Å²) in [6, 6.07) is 9.27. The summed E-state index contributed by atoms with van der Waals surface area (Å²) in [6.45, 7) is 3.82. The highest BCUT2D eigenvalue weighted by Crippen LogP contribution is 2.55. The third kappa shape index (κ3) is 4.03. The average Bonchev–Trinajstić information content (AvgIpc) is 2.60. The maximum Gasteiger partial charge on any atom is 0.321 e. The van der Waals surface area contributed by atoms with E-state index in [9.17, 15) is 9.59 Å². The van der Waals surface area contributed by atoms with Crippen LogP contribution in [0.5, 0.6) is 0 Å². The van der Waals surface area contributed by atoms with E-state index in [-0.39, 0.29) is 23.5 Å². The summed E-state index contributed by atoms with van der Waals surface area (Å²) in [5.41, 5.74) is 1.04. The predicted molar refractivity (Wildman–Crippen MR) is 105 cm³/mol. The maximum absolute atomic E-state index is 12.5. The van der Waals surface area contributed by atoms with E-state index in [0.717, 1.165) is 42.6 Å². The number of carbonyl (C=O) groups is 2. The number of imide groups is 1. The number of hydrogen-bond acceptors (Lipinski definition) is 3. The van der Waals surface area contributed by atoms with Gasteiger partial charge < -0.3 is 5.32 Å². The lowest BCUT2D eigenvalue weighted by Gasteiger charge is -2.56. The first-order valence-corrected chi connectivity index (χ1v) is 10.4. The zero-order valence-corrected chi connectivity index (χ0v) is 16.3. The average molecular weight is 370 g/mol. The van der Waals surface area contributed by atoms with Crippen molar-refractivity contribution in [1.29, 1.82) is 0 Å². The summed E-state index contributed by atoms with van der Waals surface area (Å²) in [5, 5.41) is 9.03. The fraction of sp³-hybridized carbons (Fsp3) is 0.636. The highest BCUT2D eigenvalue weighted by Gasteiger charge is 2.51. The Labute approximate surface area is 161 Å². The minimum atomic E-state index is -0.442. The van der Waals surface area contributed by atoms with Gasteiger partial charge in [-0.15, -0.1) is 0 Å². The molecule has 27 heavy (non-hydrogen) atoms. The van der Waals surface area contributed by atoms with Gasteiger partial charge >= 0.3 is 6.03 Å². The molecule has 4 bridgehead atoms. The quantitative estimate of drug-likeness (QED) is 0.744. The molecule has 1 aromatic rings. The van der Waals surface area contributed by atoms with E-state index in [4.69, 9.17) is 0 Å². The minimum absolute atomic E-state index is 0.0400. The van der Waals surface area contributed by atoms with E-state index in [2.05, 4.69) is 16.0 Å². The van der Waals surface area contributed by atoms with E-state index in [1.54, 1.807) is 6.92 Å². The van der Waals surface area contributed by atoms with Crippen LogP contribution in [0.1, 0.15) is 64.0 Å². The Hall–Kier alpha value is -1.88. The molecule has 0 saturated heterocycles. The Morgan fingerprint density at radius 3 is 2.07 bits per heavy atom. The molecule has 146 valence electrons. The molecule has 0 aliphatic heterocycles. The standard InChI is InChI=1S/C22H31N3O2/c1-14(19-6-4-3-5-7-19)23-15(2)20(26)24-21(27)25-22-11-16-8-17(12-22)10-18(9-16)13-22/h3-7,14-18,23H,8-13H2,1-2H3,(H2,24,25,26,27)/t14-,15+,16?,17?,18?,22?/m0/s1. The second kappa shape index (κ2) is 7.27. The summed E-state index contributed by atoms with van der Waals surface area (Å²) in [5.74, 6) is 2.01. The fourth-order valence-electron chi connectivity index (χ4n) is 6.04. The van der Waals surface area contributed by atoms with Gasteiger partial charge in [0.05, 0.1) is 6.04 Å². The molecule has 5 nitrogen and oxygen atoms in total. The van der Waals surface area contributed by atoms with Gasteiger partial charge in [-0.3, -0.25) is 15.4 Å². The van der Waals surface area contributed by atoms with Crippen molar-refractivity contribution in [1.82, 2.24) is 16.0 Å². The molecule has 5 heteroatoms. The zero-order valence-electron chi connectivity index (χ0n) is 16.3. The highest BCUT2D eigenvalue weighted by molar-refractivity contribution is 5.97. The summed E-state index contributed by atoms with van der Waals surface area (Å²) >= 11 is 0. The van der Waals surface area contributed by atoms with Crippen LogP contribution in [0, 0.1) is 17.8 Å². The third-order valence-corrected chi connectivity index (χ3v) is 6.85. The molecule has 4 saturated carbocycles. The van der Waals surface area contributed by atoms with Crippen molar-refractivity contribution in [3.05, 3.63) is 35.9 Å². The van der Waals surface area contributed by atoms with E-state index in [0.29, 0.717) is 0 Å². The molecule has 3 N–H and O–H groups in total. The topological polar surface area (TPSA) is 70.2 Å². The normalized spacial score (nSPS) is 33.3. The van der Waals surface area contributed by atoms with Gasteiger partial charge in [-0.1, -0.05) is 30.3 Å². The summed E-state index contributed by atoms with van der Waals surface area (Å²) < 4.78 is 0. The first-order valence-electron chi connectivity index (χ1n) is 10.4. The molecular weight excluding hydrogens is 338 g/mol. The van der Waals surface area contributed by atoms with Crippen LogP contribution in [0.4, 0.5) is 4.79 Å². The lowest BCUT2D eigenvalue weighted by molar-refractivity contribution is -0.121. The van der Waals surface area contributed by atoms with Crippen LogP contribution in [0.3, 0.4) is 0 Å². The summed E-state index contributed by atoms with van der Waals surface area (Å²) in [4.78, 5) is 25.0. The van der Waals surface area contributed by atoms with Crippen molar-refractivity contribution in [3.8, 4) is 0 Å². The largest absolute Gasteiger partial charge is 0.332 e. The predicted octanol–water partition coefficient (Wildman–Crippen LogP) is 3.52. The number of urea groups is 1. The Balaban J connectivity index is 1.29. The van der Waals surface area contributed by atoms with Gasteiger partial charge in [0.1, 0.15) is 0 Å². The van der Waals surface area contributed by atoms with Crippen LogP contribution in [0.2, 0.25) is 0 Å². The number of benzene rings is 1. The lowest BCUT2D eigenvalue weighted by Crippen LogP contribution is -2.62. The highest BCUT2D eigenvalue weighted by atomic mass is 16.2.